The normalized spacial score (nSPS) is 21.1. The third kappa shape index (κ3) is 4.35. The fraction of sp³-hybridized carbons (Fsp3) is 0.450. The number of likely N-dealkylation sites (N-methyl/N-ethyl adjacent to an activating group) is 1. The molecule has 2 aliphatic rings. The maximum atomic E-state index is 12.9. The van der Waals surface area contributed by atoms with E-state index in [4.69, 9.17) is 16.3 Å². The van der Waals surface area contributed by atoms with Crippen LogP contribution in [-0.4, -0.2) is 62.4 Å². The Morgan fingerprint density at radius 1 is 1.17 bits per heavy atom. The van der Waals surface area contributed by atoms with Gasteiger partial charge in [0.25, 0.3) is 0 Å². The third-order valence-corrected chi connectivity index (χ3v) is 7.59. The van der Waals surface area contributed by atoms with Gasteiger partial charge in [-0.05, 0) is 38.1 Å². The number of nitrogens with one attached hydrogen (secondary N) is 1. The lowest BCUT2D eigenvalue weighted by Crippen LogP contribution is -2.47. The smallest absolute Gasteiger partial charge is 0.244 e. The molecule has 9 heteroatoms. The molecule has 1 fully saturated rings. The number of fused-ring (bicyclic) bond motifs is 1. The zero-order valence-electron chi connectivity index (χ0n) is 16.3. The first-order chi connectivity index (χ1) is 13.9. The Labute approximate surface area is 176 Å². The van der Waals surface area contributed by atoms with Crippen molar-refractivity contribution in [3.63, 3.8) is 0 Å². The van der Waals surface area contributed by atoms with E-state index in [0.717, 1.165) is 31.5 Å². The van der Waals surface area contributed by atoms with Crippen molar-refractivity contribution in [3.8, 4) is 5.75 Å². The predicted molar refractivity (Wildman–Crippen MR) is 113 cm³/mol. The number of aromatic nitrogens is 1. The number of para-hydroxylation sites is 1. The first kappa shape index (κ1) is 20.4. The molecule has 0 saturated carbocycles. The fourth-order valence-corrected chi connectivity index (χ4v) is 5.30. The van der Waals surface area contributed by atoms with Crippen molar-refractivity contribution in [2.45, 2.75) is 23.8 Å². The van der Waals surface area contributed by atoms with Crippen molar-refractivity contribution in [1.29, 1.82) is 0 Å². The van der Waals surface area contributed by atoms with Crippen LogP contribution in [0.25, 0.3) is 0 Å². The summed E-state index contributed by atoms with van der Waals surface area (Å²) in [6.45, 7) is 3.08. The number of rotatable bonds is 4. The van der Waals surface area contributed by atoms with E-state index in [0.29, 0.717) is 36.3 Å². The van der Waals surface area contributed by atoms with Crippen LogP contribution in [0.3, 0.4) is 0 Å². The number of halogens is 1. The summed E-state index contributed by atoms with van der Waals surface area (Å²) in [4.78, 5) is 6.72. The van der Waals surface area contributed by atoms with Crippen LogP contribution in [0.5, 0.6) is 5.75 Å². The van der Waals surface area contributed by atoms with E-state index < -0.39 is 10.0 Å². The highest BCUT2D eigenvalue weighted by molar-refractivity contribution is 7.89. The molecule has 0 radical (unpaired) electrons. The number of hydrogen-bond acceptors (Lipinski definition) is 6. The lowest BCUT2D eigenvalue weighted by atomic mass is 10.0. The molecule has 1 N–H and O–H groups in total. The quantitative estimate of drug-likeness (QED) is 0.794. The third-order valence-electron chi connectivity index (χ3n) is 5.41. The Kier molecular flexibility index (Phi) is 5.96. The van der Waals surface area contributed by atoms with Gasteiger partial charge in [-0.2, -0.15) is 4.31 Å². The standard InChI is InChI=1S/C20H25ClN4O3S/c1-24-9-11-25(12-10-24)29(26,27)15-7-8-19(22-14-15)23-18-6-3-13-28-20-16(18)4-2-5-17(20)21/h2,4-5,7-8,14,18H,3,6,9-13H2,1H3,(H,22,23). The number of nitrogens with zero attached hydrogens (tertiary/aromatic N) is 3. The van der Waals surface area contributed by atoms with Gasteiger partial charge in [0, 0.05) is 37.9 Å². The average molecular weight is 437 g/mol. The van der Waals surface area contributed by atoms with Gasteiger partial charge < -0.3 is 15.0 Å². The Morgan fingerprint density at radius 2 is 1.97 bits per heavy atom. The molecule has 1 aromatic heterocycles. The summed E-state index contributed by atoms with van der Waals surface area (Å²) in [5.74, 6) is 1.33. The molecule has 0 bridgehead atoms. The molecule has 1 atom stereocenters. The van der Waals surface area contributed by atoms with Gasteiger partial charge in [-0.3, -0.25) is 0 Å². The molecule has 0 aliphatic carbocycles. The van der Waals surface area contributed by atoms with Crippen molar-refractivity contribution < 1.29 is 13.2 Å². The number of ether oxygens (including phenoxy) is 1. The molecular formula is C20H25ClN4O3S. The lowest BCUT2D eigenvalue weighted by Gasteiger charge is -2.31. The molecule has 156 valence electrons. The topological polar surface area (TPSA) is 74.8 Å². The Bertz CT molecular complexity index is 960. The summed E-state index contributed by atoms with van der Waals surface area (Å²) in [6, 6.07) is 9.06. The molecule has 0 spiro atoms. The highest BCUT2D eigenvalue weighted by atomic mass is 35.5. The molecule has 29 heavy (non-hydrogen) atoms. The minimum atomic E-state index is -3.52. The summed E-state index contributed by atoms with van der Waals surface area (Å²) in [7, 11) is -1.52. The number of pyridine rings is 1. The molecule has 1 saturated heterocycles. The van der Waals surface area contributed by atoms with Crippen molar-refractivity contribution in [3.05, 3.63) is 47.1 Å². The highest BCUT2D eigenvalue weighted by Crippen LogP contribution is 2.38. The number of hydrogen-bond donors (Lipinski definition) is 1. The van der Waals surface area contributed by atoms with Crippen LogP contribution in [0.2, 0.25) is 5.02 Å². The maximum absolute atomic E-state index is 12.9. The van der Waals surface area contributed by atoms with Crippen LogP contribution in [0.1, 0.15) is 24.4 Å². The second kappa shape index (κ2) is 8.47. The van der Waals surface area contributed by atoms with E-state index in [1.807, 2.05) is 25.2 Å². The number of sulfonamides is 1. The van der Waals surface area contributed by atoms with Gasteiger partial charge in [0.15, 0.2) is 0 Å². The van der Waals surface area contributed by atoms with Crippen molar-refractivity contribution in [2.24, 2.45) is 0 Å². The van der Waals surface area contributed by atoms with Crippen molar-refractivity contribution in [2.75, 3.05) is 45.2 Å². The van der Waals surface area contributed by atoms with Gasteiger partial charge in [-0.1, -0.05) is 23.7 Å². The first-order valence-electron chi connectivity index (χ1n) is 9.77. The van der Waals surface area contributed by atoms with Gasteiger partial charge in [-0.25, -0.2) is 13.4 Å². The average Bonchev–Trinajstić information content (AvgIpc) is 2.92. The largest absolute Gasteiger partial charge is 0.492 e. The zero-order chi connectivity index (χ0) is 20.4. The number of benzene rings is 1. The van der Waals surface area contributed by atoms with E-state index >= 15 is 0 Å². The van der Waals surface area contributed by atoms with Crippen molar-refractivity contribution in [1.82, 2.24) is 14.2 Å². The van der Waals surface area contributed by atoms with Crippen LogP contribution in [0.4, 0.5) is 5.82 Å². The van der Waals surface area contributed by atoms with E-state index in [9.17, 15) is 8.42 Å². The van der Waals surface area contributed by atoms with Gasteiger partial charge in [0.2, 0.25) is 10.0 Å². The van der Waals surface area contributed by atoms with Crippen molar-refractivity contribution >= 4 is 27.4 Å². The minimum absolute atomic E-state index is 0.00112. The second-order valence-electron chi connectivity index (χ2n) is 7.43. The van der Waals surface area contributed by atoms with E-state index in [1.54, 1.807) is 12.1 Å². The fourth-order valence-electron chi connectivity index (χ4n) is 3.69. The molecule has 1 unspecified atom stereocenters. The van der Waals surface area contributed by atoms with Gasteiger partial charge in [0.05, 0.1) is 17.7 Å². The molecule has 2 aromatic rings. The van der Waals surface area contributed by atoms with Gasteiger partial charge in [0.1, 0.15) is 16.5 Å². The molecule has 3 heterocycles. The summed E-state index contributed by atoms with van der Waals surface area (Å²) < 4.78 is 33.0. The Hall–Kier alpha value is -1.87. The molecule has 1 aromatic carbocycles. The SMILES string of the molecule is CN1CCN(S(=O)(=O)c2ccc(NC3CCCOc4c(Cl)cccc43)nc2)CC1. The monoisotopic (exact) mass is 436 g/mol. The highest BCUT2D eigenvalue weighted by Gasteiger charge is 2.28. The second-order valence-corrected chi connectivity index (χ2v) is 9.78. The molecule has 2 aliphatic heterocycles. The van der Waals surface area contributed by atoms with Crippen LogP contribution in [0.15, 0.2) is 41.4 Å². The molecular weight excluding hydrogens is 412 g/mol. The van der Waals surface area contributed by atoms with Gasteiger partial charge >= 0.3 is 0 Å². The summed E-state index contributed by atoms with van der Waals surface area (Å²) >= 11 is 6.29. The lowest BCUT2D eigenvalue weighted by molar-refractivity contribution is 0.222. The van der Waals surface area contributed by atoms with E-state index in [2.05, 4.69) is 15.2 Å². The Morgan fingerprint density at radius 3 is 2.69 bits per heavy atom. The first-order valence-corrected chi connectivity index (χ1v) is 11.6. The Balaban J connectivity index is 1.51. The van der Waals surface area contributed by atoms with E-state index in [1.165, 1.54) is 10.5 Å². The zero-order valence-corrected chi connectivity index (χ0v) is 17.9. The minimum Gasteiger partial charge on any atom is -0.492 e. The maximum Gasteiger partial charge on any atom is 0.244 e. The van der Waals surface area contributed by atoms with Crippen LogP contribution in [0, 0.1) is 0 Å². The van der Waals surface area contributed by atoms with Gasteiger partial charge in [-0.15, -0.1) is 0 Å². The molecule has 7 nitrogen and oxygen atoms in total. The number of piperazine rings is 1. The molecule has 0 amide bonds. The van der Waals surface area contributed by atoms with E-state index in [-0.39, 0.29) is 10.9 Å². The predicted octanol–water partition coefficient (Wildman–Crippen LogP) is 3.00. The summed E-state index contributed by atoms with van der Waals surface area (Å²) in [5, 5.41) is 4.00. The number of anilines is 1. The van der Waals surface area contributed by atoms with Crippen LogP contribution in [-0.2, 0) is 10.0 Å². The summed E-state index contributed by atoms with van der Waals surface area (Å²) in [5.41, 5.74) is 0.992. The molecule has 4 rings (SSSR count). The van der Waals surface area contributed by atoms with Crippen LogP contribution >= 0.6 is 11.6 Å². The van der Waals surface area contributed by atoms with Crippen LogP contribution < -0.4 is 10.1 Å². The summed E-state index contributed by atoms with van der Waals surface area (Å²) in [6.07, 6.45) is 3.19.